The van der Waals surface area contributed by atoms with Gasteiger partial charge in [0.25, 0.3) is 5.91 Å². The van der Waals surface area contributed by atoms with Gasteiger partial charge in [0.2, 0.25) is 5.91 Å². The molecule has 1 atom stereocenters. The van der Waals surface area contributed by atoms with Crippen LogP contribution < -0.4 is 10.6 Å². The lowest BCUT2D eigenvalue weighted by Crippen LogP contribution is -2.14. The number of carbonyl (C=O) groups excluding carboxylic acids is 2. The maximum absolute atomic E-state index is 12.7. The third kappa shape index (κ3) is 5.55. The summed E-state index contributed by atoms with van der Waals surface area (Å²) in [6, 6.07) is 20.6. The number of phenols is 1. The van der Waals surface area contributed by atoms with Crippen molar-refractivity contribution in [3.05, 3.63) is 83.9 Å². The van der Waals surface area contributed by atoms with Crippen LogP contribution in [0.15, 0.2) is 77.7 Å². The van der Waals surface area contributed by atoms with Gasteiger partial charge in [-0.1, -0.05) is 37.3 Å². The topological polar surface area (TPSA) is 95.5 Å². The van der Waals surface area contributed by atoms with E-state index in [1.807, 2.05) is 36.4 Å². The van der Waals surface area contributed by atoms with Crippen LogP contribution in [0.25, 0.3) is 0 Å². The summed E-state index contributed by atoms with van der Waals surface area (Å²) >= 11 is 0. The van der Waals surface area contributed by atoms with Gasteiger partial charge in [-0.3, -0.25) is 13.8 Å². The Morgan fingerprint density at radius 3 is 2.37 bits per heavy atom. The molecule has 0 heterocycles. The van der Waals surface area contributed by atoms with E-state index in [1.165, 1.54) is 18.2 Å². The number of benzene rings is 3. The van der Waals surface area contributed by atoms with Crippen molar-refractivity contribution >= 4 is 34.0 Å². The highest BCUT2D eigenvalue weighted by atomic mass is 32.2. The van der Waals surface area contributed by atoms with E-state index in [9.17, 15) is 18.9 Å². The molecule has 7 heteroatoms. The Kier molecular flexibility index (Phi) is 6.98. The largest absolute Gasteiger partial charge is 0.507 e. The zero-order valence-electron chi connectivity index (χ0n) is 16.4. The van der Waals surface area contributed by atoms with Crippen LogP contribution in [-0.4, -0.2) is 21.1 Å². The van der Waals surface area contributed by atoms with Gasteiger partial charge in [-0.05, 0) is 48.0 Å². The second-order valence-electron chi connectivity index (χ2n) is 6.59. The fraction of sp³-hybridized carbons (Fsp3) is 0.130. The van der Waals surface area contributed by atoms with Gasteiger partial charge in [0.1, 0.15) is 5.75 Å². The van der Waals surface area contributed by atoms with Gasteiger partial charge in [0.15, 0.2) is 0 Å². The molecule has 0 aliphatic carbocycles. The second kappa shape index (κ2) is 9.84. The molecule has 0 radical (unpaired) electrons. The average Bonchev–Trinajstić information content (AvgIpc) is 2.75. The van der Waals surface area contributed by atoms with Gasteiger partial charge in [-0.25, -0.2) is 0 Å². The maximum Gasteiger partial charge on any atom is 0.259 e. The third-order valence-electron chi connectivity index (χ3n) is 4.33. The van der Waals surface area contributed by atoms with E-state index in [2.05, 4.69) is 10.6 Å². The van der Waals surface area contributed by atoms with Crippen LogP contribution in [0.1, 0.15) is 29.3 Å². The number of hydrogen-bond acceptors (Lipinski definition) is 4. The van der Waals surface area contributed by atoms with Gasteiger partial charge in [-0.2, -0.15) is 0 Å². The lowest BCUT2D eigenvalue weighted by molar-refractivity contribution is -0.115. The lowest BCUT2D eigenvalue weighted by atomic mass is 10.1. The number of phenolic OH excluding ortho intramolecular Hbond substituents is 1. The number of anilines is 2. The molecule has 0 aliphatic rings. The Morgan fingerprint density at radius 1 is 0.900 bits per heavy atom. The second-order valence-corrected chi connectivity index (χ2v) is 8.04. The van der Waals surface area contributed by atoms with E-state index in [0.717, 1.165) is 10.5 Å². The summed E-state index contributed by atoms with van der Waals surface area (Å²) in [5, 5.41) is 15.5. The van der Waals surface area contributed by atoms with E-state index >= 15 is 0 Å². The van der Waals surface area contributed by atoms with Crippen LogP contribution in [0.3, 0.4) is 0 Å². The molecule has 2 amide bonds. The quantitative estimate of drug-likeness (QED) is 0.495. The Morgan fingerprint density at radius 2 is 1.63 bits per heavy atom. The summed E-state index contributed by atoms with van der Waals surface area (Å²) in [6.07, 6.45) is 0.305. The Bertz CT molecular complexity index is 1080. The van der Waals surface area contributed by atoms with Crippen molar-refractivity contribution in [2.24, 2.45) is 0 Å². The van der Waals surface area contributed by atoms with Gasteiger partial charge < -0.3 is 15.7 Å². The Hall–Kier alpha value is -3.45. The minimum absolute atomic E-state index is 0.0437. The SMILES string of the molecule is CCC(=O)Nc1ccc(O)c(C(=O)Nc2cccc(CS(=O)c3ccccc3)c2)c1. The Labute approximate surface area is 177 Å². The van der Waals surface area contributed by atoms with E-state index in [-0.39, 0.29) is 17.2 Å². The molecule has 1 unspecified atom stereocenters. The normalized spacial score (nSPS) is 11.5. The van der Waals surface area contributed by atoms with Crippen LogP contribution in [0.2, 0.25) is 0 Å². The van der Waals surface area contributed by atoms with Crippen molar-refractivity contribution in [1.82, 2.24) is 0 Å². The fourth-order valence-corrected chi connectivity index (χ4v) is 3.90. The molecule has 0 fully saturated rings. The first-order valence-corrected chi connectivity index (χ1v) is 10.7. The van der Waals surface area contributed by atoms with Crippen molar-refractivity contribution in [2.45, 2.75) is 24.0 Å². The molecule has 0 aromatic heterocycles. The summed E-state index contributed by atoms with van der Waals surface area (Å²) in [6.45, 7) is 1.72. The lowest BCUT2D eigenvalue weighted by Gasteiger charge is -2.11. The first-order chi connectivity index (χ1) is 14.5. The number of carbonyl (C=O) groups is 2. The molecule has 154 valence electrons. The molecular weight excluding hydrogens is 400 g/mol. The molecule has 30 heavy (non-hydrogen) atoms. The van der Waals surface area contributed by atoms with Gasteiger partial charge in [0.05, 0.1) is 22.1 Å². The number of nitrogens with one attached hydrogen (secondary N) is 2. The minimum Gasteiger partial charge on any atom is -0.507 e. The fourth-order valence-electron chi connectivity index (χ4n) is 2.79. The molecule has 6 nitrogen and oxygen atoms in total. The summed E-state index contributed by atoms with van der Waals surface area (Å²) in [5.41, 5.74) is 1.80. The number of aromatic hydroxyl groups is 1. The van der Waals surface area contributed by atoms with E-state index in [4.69, 9.17) is 0 Å². The van der Waals surface area contributed by atoms with Crippen molar-refractivity contribution < 1.29 is 18.9 Å². The highest BCUT2D eigenvalue weighted by Gasteiger charge is 2.14. The standard InChI is InChI=1S/C23H22N2O4S/c1-2-22(27)24-18-11-12-21(26)20(14-18)23(28)25-17-8-6-7-16(13-17)15-30(29)19-9-4-3-5-10-19/h3-14,26H,2,15H2,1H3,(H,24,27)(H,25,28). The molecule has 3 N–H and O–H groups in total. The predicted octanol–water partition coefficient (Wildman–Crippen LogP) is 4.30. The van der Waals surface area contributed by atoms with E-state index in [0.29, 0.717) is 23.5 Å². The highest BCUT2D eigenvalue weighted by Crippen LogP contribution is 2.23. The average molecular weight is 423 g/mol. The number of amides is 2. The van der Waals surface area contributed by atoms with Crippen LogP contribution >= 0.6 is 0 Å². The summed E-state index contributed by atoms with van der Waals surface area (Å²) in [4.78, 5) is 25.0. The third-order valence-corrected chi connectivity index (χ3v) is 5.73. The number of hydrogen-bond donors (Lipinski definition) is 3. The summed E-state index contributed by atoms with van der Waals surface area (Å²) in [5.74, 6) is -0.576. The van der Waals surface area contributed by atoms with Gasteiger partial charge in [0, 0.05) is 22.7 Å². The van der Waals surface area contributed by atoms with Crippen molar-refractivity contribution in [1.29, 1.82) is 0 Å². The molecular formula is C23H22N2O4S. The molecule has 0 saturated carbocycles. The Balaban J connectivity index is 1.73. The monoisotopic (exact) mass is 422 g/mol. The molecule has 0 aliphatic heterocycles. The van der Waals surface area contributed by atoms with E-state index in [1.54, 1.807) is 25.1 Å². The zero-order chi connectivity index (χ0) is 21.5. The maximum atomic E-state index is 12.7. The van der Waals surface area contributed by atoms with Crippen molar-refractivity contribution in [3.8, 4) is 5.75 Å². The van der Waals surface area contributed by atoms with Crippen LogP contribution in [-0.2, 0) is 21.3 Å². The van der Waals surface area contributed by atoms with Gasteiger partial charge in [-0.15, -0.1) is 0 Å². The molecule has 0 spiro atoms. The molecule has 3 aromatic rings. The van der Waals surface area contributed by atoms with Crippen molar-refractivity contribution in [3.63, 3.8) is 0 Å². The molecule has 0 saturated heterocycles. The van der Waals surface area contributed by atoms with Crippen molar-refractivity contribution in [2.75, 3.05) is 10.6 Å². The highest BCUT2D eigenvalue weighted by molar-refractivity contribution is 7.84. The summed E-state index contributed by atoms with van der Waals surface area (Å²) < 4.78 is 12.5. The molecule has 3 aromatic carbocycles. The smallest absolute Gasteiger partial charge is 0.259 e. The molecule has 0 bridgehead atoms. The first-order valence-electron chi connectivity index (χ1n) is 9.43. The van der Waals surface area contributed by atoms with Gasteiger partial charge >= 0.3 is 0 Å². The van der Waals surface area contributed by atoms with Crippen LogP contribution in [0.4, 0.5) is 11.4 Å². The predicted molar refractivity (Wildman–Crippen MR) is 118 cm³/mol. The van der Waals surface area contributed by atoms with Crippen LogP contribution in [0, 0.1) is 0 Å². The number of rotatable bonds is 7. The zero-order valence-corrected chi connectivity index (χ0v) is 17.2. The van der Waals surface area contributed by atoms with E-state index < -0.39 is 16.7 Å². The minimum atomic E-state index is -1.20. The summed E-state index contributed by atoms with van der Waals surface area (Å²) in [7, 11) is -1.20. The molecule has 3 rings (SSSR count). The first kappa shape index (κ1) is 21.3. The van der Waals surface area contributed by atoms with Crippen LogP contribution in [0.5, 0.6) is 5.75 Å².